The lowest BCUT2D eigenvalue weighted by Gasteiger charge is -2.19. The van der Waals surface area contributed by atoms with E-state index < -0.39 is 10.0 Å². The molecule has 0 radical (unpaired) electrons. The number of amides is 1. The molecular formula is C23H25N3O4S. The van der Waals surface area contributed by atoms with E-state index in [-0.39, 0.29) is 10.8 Å². The lowest BCUT2D eigenvalue weighted by molar-refractivity contribution is 0.102. The average molecular weight is 440 g/mol. The molecule has 1 aromatic heterocycles. The lowest BCUT2D eigenvalue weighted by Crippen LogP contribution is -2.28. The fourth-order valence-corrected chi connectivity index (χ4v) is 5.30. The lowest BCUT2D eigenvalue weighted by atomic mass is 10.2. The molecule has 7 nitrogen and oxygen atoms in total. The Kier molecular flexibility index (Phi) is 6.11. The Morgan fingerprint density at radius 3 is 2.35 bits per heavy atom. The van der Waals surface area contributed by atoms with Gasteiger partial charge in [0.15, 0.2) is 0 Å². The fourth-order valence-electron chi connectivity index (χ4n) is 3.62. The Hall–Kier alpha value is -3.10. The molecule has 1 amide bonds. The number of sulfonamides is 1. The minimum Gasteiger partial charge on any atom is -0.492 e. The van der Waals surface area contributed by atoms with Crippen molar-refractivity contribution < 1.29 is 17.9 Å². The molecule has 2 aromatic carbocycles. The highest BCUT2D eigenvalue weighted by Gasteiger charge is 2.30. The SMILES string of the molecule is CCOc1ccc(NC(=O)c2ccc(-n3cccc3)cc2)cc1S(=O)(=O)N1CCCC1. The predicted molar refractivity (Wildman–Crippen MR) is 119 cm³/mol. The van der Waals surface area contributed by atoms with Gasteiger partial charge in [-0.25, -0.2) is 8.42 Å². The van der Waals surface area contributed by atoms with Crippen molar-refractivity contribution in [3.05, 3.63) is 72.6 Å². The summed E-state index contributed by atoms with van der Waals surface area (Å²) in [5.41, 5.74) is 1.83. The van der Waals surface area contributed by atoms with E-state index in [0.29, 0.717) is 36.7 Å². The van der Waals surface area contributed by atoms with Crippen LogP contribution in [0, 0.1) is 0 Å². The summed E-state index contributed by atoms with van der Waals surface area (Å²) in [6.45, 7) is 3.15. The van der Waals surface area contributed by atoms with Crippen LogP contribution in [0.4, 0.5) is 5.69 Å². The first-order valence-corrected chi connectivity index (χ1v) is 11.7. The maximum Gasteiger partial charge on any atom is 0.255 e. The maximum absolute atomic E-state index is 13.1. The third kappa shape index (κ3) is 4.50. The quantitative estimate of drug-likeness (QED) is 0.605. The smallest absolute Gasteiger partial charge is 0.255 e. The van der Waals surface area contributed by atoms with Crippen LogP contribution in [0.5, 0.6) is 5.75 Å². The van der Waals surface area contributed by atoms with Crippen LogP contribution in [-0.2, 0) is 10.0 Å². The van der Waals surface area contributed by atoms with Crippen molar-refractivity contribution in [2.24, 2.45) is 0 Å². The first-order chi connectivity index (χ1) is 15.0. The molecule has 0 unspecified atom stereocenters. The number of ether oxygens (including phenoxy) is 1. The standard InChI is InChI=1S/C23H25N3O4S/c1-2-30-21-12-9-19(17-22(21)31(28,29)26-15-5-6-16-26)24-23(27)18-7-10-20(11-8-18)25-13-3-4-14-25/h3-4,7-14,17H,2,5-6,15-16H2,1H3,(H,24,27). The normalized spacial score (nSPS) is 14.5. The van der Waals surface area contributed by atoms with Gasteiger partial charge < -0.3 is 14.6 Å². The van der Waals surface area contributed by atoms with Crippen LogP contribution in [0.3, 0.4) is 0 Å². The van der Waals surface area contributed by atoms with Crippen molar-refractivity contribution in [1.82, 2.24) is 8.87 Å². The Labute approximate surface area is 182 Å². The number of aromatic nitrogens is 1. The molecule has 1 N–H and O–H groups in total. The zero-order valence-corrected chi connectivity index (χ0v) is 18.1. The second kappa shape index (κ2) is 8.95. The van der Waals surface area contributed by atoms with E-state index in [4.69, 9.17) is 4.74 Å². The molecule has 162 valence electrons. The van der Waals surface area contributed by atoms with E-state index in [2.05, 4.69) is 5.32 Å². The molecule has 0 aliphatic carbocycles. The van der Waals surface area contributed by atoms with Crippen LogP contribution < -0.4 is 10.1 Å². The van der Waals surface area contributed by atoms with E-state index >= 15 is 0 Å². The van der Waals surface area contributed by atoms with Gasteiger partial charge in [-0.1, -0.05) is 0 Å². The van der Waals surface area contributed by atoms with Crippen LogP contribution >= 0.6 is 0 Å². The van der Waals surface area contributed by atoms with Gasteiger partial charge >= 0.3 is 0 Å². The second-order valence-electron chi connectivity index (χ2n) is 7.30. The van der Waals surface area contributed by atoms with Crippen molar-refractivity contribution in [1.29, 1.82) is 0 Å². The van der Waals surface area contributed by atoms with Crippen LogP contribution in [-0.4, -0.2) is 42.9 Å². The number of nitrogens with zero attached hydrogens (tertiary/aromatic N) is 2. The Morgan fingerprint density at radius 2 is 1.71 bits per heavy atom. The van der Waals surface area contributed by atoms with Gasteiger partial charge in [-0.3, -0.25) is 4.79 Å². The molecule has 0 saturated carbocycles. The molecule has 0 spiro atoms. The van der Waals surface area contributed by atoms with E-state index in [1.54, 1.807) is 31.2 Å². The van der Waals surface area contributed by atoms with Gasteiger partial charge in [0.1, 0.15) is 10.6 Å². The summed E-state index contributed by atoms with van der Waals surface area (Å²) in [5, 5.41) is 2.80. The predicted octanol–water partition coefficient (Wildman–Crippen LogP) is 3.91. The van der Waals surface area contributed by atoms with E-state index in [9.17, 15) is 13.2 Å². The van der Waals surface area contributed by atoms with E-state index in [1.165, 1.54) is 10.4 Å². The van der Waals surface area contributed by atoms with Gasteiger partial charge in [-0.15, -0.1) is 0 Å². The molecule has 8 heteroatoms. The van der Waals surface area contributed by atoms with Crippen molar-refractivity contribution in [2.75, 3.05) is 25.0 Å². The molecule has 0 bridgehead atoms. The summed E-state index contributed by atoms with van der Waals surface area (Å²) >= 11 is 0. The van der Waals surface area contributed by atoms with Gasteiger partial charge in [0, 0.05) is 42.4 Å². The van der Waals surface area contributed by atoms with Crippen molar-refractivity contribution in [2.45, 2.75) is 24.7 Å². The topological polar surface area (TPSA) is 80.6 Å². The molecule has 31 heavy (non-hydrogen) atoms. The molecule has 1 aliphatic rings. The van der Waals surface area contributed by atoms with Crippen LogP contribution in [0.15, 0.2) is 71.9 Å². The van der Waals surface area contributed by atoms with Gasteiger partial charge in [0.25, 0.3) is 5.91 Å². The highest BCUT2D eigenvalue weighted by Crippen LogP contribution is 2.31. The average Bonchev–Trinajstić information content (AvgIpc) is 3.50. The monoisotopic (exact) mass is 439 g/mol. The number of benzene rings is 2. The summed E-state index contributed by atoms with van der Waals surface area (Å²) in [4.78, 5) is 12.8. The Balaban J connectivity index is 1.57. The number of carbonyl (C=O) groups is 1. The Morgan fingerprint density at radius 1 is 1.03 bits per heavy atom. The summed E-state index contributed by atoms with van der Waals surface area (Å²) in [6, 6.07) is 15.8. The molecule has 1 aliphatic heterocycles. The number of rotatable bonds is 7. The Bertz CT molecular complexity index is 1150. The van der Waals surface area contributed by atoms with Gasteiger partial charge in [0.2, 0.25) is 10.0 Å². The van der Waals surface area contributed by atoms with Gasteiger partial charge in [-0.2, -0.15) is 4.31 Å². The van der Waals surface area contributed by atoms with Crippen LogP contribution in [0.1, 0.15) is 30.1 Å². The van der Waals surface area contributed by atoms with Crippen molar-refractivity contribution in [3.8, 4) is 11.4 Å². The highest BCUT2D eigenvalue weighted by molar-refractivity contribution is 7.89. The third-order valence-electron chi connectivity index (χ3n) is 5.22. The number of anilines is 1. The minimum absolute atomic E-state index is 0.0806. The molecule has 1 fully saturated rings. The maximum atomic E-state index is 13.1. The molecule has 2 heterocycles. The second-order valence-corrected chi connectivity index (χ2v) is 9.20. The summed E-state index contributed by atoms with van der Waals surface area (Å²) in [7, 11) is -3.69. The zero-order chi connectivity index (χ0) is 21.8. The first kappa shape index (κ1) is 21.1. The number of hydrogen-bond acceptors (Lipinski definition) is 4. The fraction of sp³-hybridized carbons (Fsp3) is 0.261. The van der Waals surface area contributed by atoms with Crippen molar-refractivity contribution in [3.63, 3.8) is 0 Å². The van der Waals surface area contributed by atoms with Gasteiger partial charge in [-0.05, 0) is 74.4 Å². The first-order valence-electron chi connectivity index (χ1n) is 10.3. The third-order valence-corrected chi connectivity index (χ3v) is 7.14. The van der Waals surface area contributed by atoms with Crippen molar-refractivity contribution >= 4 is 21.6 Å². The van der Waals surface area contributed by atoms with Crippen LogP contribution in [0.2, 0.25) is 0 Å². The summed E-state index contributed by atoms with van der Waals surface area (Å²) in [5.74, 6) is -0.0174. The molecule has 3 aromatic rings. The largest absolute Gasteiger partial charge is 0.492 e. The van der Waals surface area contributed by atoms with Crippen LogP contribution in [0.25, 0.3) is 5.69 Å². The highest BCUT2D eigenvalue weighted by atomic mass is 32.2. The zero-order valence-electron chi connectivity index (χ0n) is 17.3. The van der Waals surface area contributed by atoms with Gasteiger partial charge in [0.05, 0.1) is 6.61 Å². The molecule has 1 saturated heterocycles. The molecule has 4 rings (SSSR count). The number of carbonyl (C=O) groups excluding carboxylic acids is 1. The molecule has 0 atom stereocenters. The number of nitrogens with one attached hydrogen (secondary N) is 1. The number of hydrogen-bond donors (Lipinski definition) is 1. The summed E-state index contributed by atoms with van der Waals surface area (Å²) in [6.07, 6.45) is 5.55. The van der Waals surface area contributed by atoms with E-state index in [0.717, 1.165) is 18.5 Å². The minimum atomic E-state index is -3.69. The molecular weight excluding hydrogens is 414 g/mol. The summed E-state index contributed by atoms with van der Waals surface area (Å²) < 4.78 is 35.2. The van der Waals surface area contributed by atoms with E-state index in [1.807, 2.05) is 41.2 Å².